The number of hydrogen-bond donors (Lipinski definition) is 0. The Morgan fingerprint density at radius 3 is 1.44 bits per heavy atom. The maximum Gasteiger partial charge on any atom is 0.0496 e. The normalized spacial score (nSPS) is 7.78. The molecule has 0 bridgehead atoms. The van der Waals surface area contributed by atoms with E-state index in [4.69, 9.17) is 0 Å². The van der Waals surface area contributed by atoms with Gasteiger partial charge < -0.3 is 0 Å². The number of nitrogens with zero attached hydrogens (tertiary/aromatic N) is 2. The summed E-state index contributed by atoms with van der Waals surface area (Å²) >= 11 is 5.30. The van der Waals surface area contributed by atoms with E-state index in [1.54, 1.807) is 12.4 Å². The van der Waals surface area contributed by atoms with Crippen LogP contribution in [0.15, 0.2) is 24.5 Å². The molecule has 0 radical (unpaired) electrons. The van der Waals surface area contributed by atoms with E-state index in [0.29, 0.717) is 13.3 Å². The van der Waals surface area contributed by atoms with Gasteiger partial charge in [0.2, 0.25) is 0 Å². The number of aromatic nitrogens is 2. The van der Waals surface area contributed by atoms with Crippen molar-refractivity contribution in [3.05, 3.63) is 24.5 Å². The van der Waals surface area contributed by atoms with E-state index in [0.717, 1.165) is 0 Å². The summed E-state index contributed by atoms with van der Waals surface area (Å²) in [6.45, 7) is 0. The first kappa shape index (κ1) is 10.3. The van der Waals surface area contributed by atoms with Gasteiger partial charge in [0.25, 0.3) is 0 Å². The zero-order valence-electron chi connectivity index (χ0n) is 4.34. The third-order valence-corrected chi connectivity index (χ3v) is 0.483. The third kappa shape index (κ3) is 9.27. The Morgan fingerprint density at radius 2 is 1.33 bits per heavy atom. The average molecular weight is 461 g/mol. The van der Waals surface area contributed by atoms with Crippen molar-refractivity contribution in [2.75, 3.05) is 0 Å². The zero-order valence-corrected chi connectivity index (χ0v) is 10.8. The summed E-state index contributed by atoms with van der Waals surface area (Å²) in [6, 6.07) is 3.65. The van der Waals surface area contributed by atoms with E-state index in [9.17, 15) is 0 Å². The van der Waals surface area contributed by atoms with Crippen molar-refractivity contribution < 1.29 is 13.3 Å². The quantitative estimate of drug-likeness (QED) is 0.476. The van der Waals surface area contributed by atoms with Gasteiger partial charge >= 0.3 is 50.5 Å². The molecule has 0 spiro atoms. The second-order valence-corrected chi connectivity index (χ2v) is 17.2. The molecule has 9 heavy (non-hydrogen) atoms. The maximum atomic E-state index is 3.53. The minimum Gasteiger partial charge on any atom is -0.159 e. The Balaban J connectivity index is 0.000000187. The summed E-state index contributed by atoms with van der Waals surface area (Å²) in [5, 5.41) is 7.07. The van der Waals surface area contributed by atoms with E-state index < -0.39 is 0 Å². The van der Waals surface area contributed by atoms with Crippen molar-refractivity contribution in [1.29, 1.82) is 0 Å². The Labute approximate surface area is 83.8 Å². The van der Waals surface area contributed by atoms with Gasteiger partial charge in [0.15, 0.2) is 0 Å². The van der Waals surface area contributed by atoms with Gasteiger partial charge in [-0.05, 0) is 12.1 Å². The van der Waals surface area contributed by atoms with Gasteiger partial charge in [0.05, 0.1) is 0 Å². The van der Waals surface area contributed by atoms with Gasteiger partial charge in [-0.3, -0.25) is 0 Å². The summed E-state index contributed by atoms with van der Waals surface area (Å²) in [6.07, 6.45) is 3.28. The van der Waals surface area contributed by atoms with E-state index in [2.05, 4.69) is 47.4 Å². The minimum atomic E-state index is 0.530. The Morgan fingerprint density at radius 1 is 1.00 bits per heavy atom. The van der Waals surface area contributed by atoms with E-state index >= 15 is 0 Å². The van der Waals surface area contributed by atoms with Crippen LogP contribution in [0.1, 0.15) is 0 Å². The van der Waals surface area contributed by atoms with Crippen molar-refractivity contribution >= 4 is 37.2 Å². The van der Waals surface area contributed by atoms with Crippen LogP contribution in [0, 0.1) is 0 Å². The SMILES string of the molecule is I[I-]I.c1ccnnc1. The van der Waals surface area contributed by atoms with Crippen LogP contribution in [0.5, 0.6) is 0 Å². The van der Waals surface area contributed by atoms with Gasteiger partial charge in [-0.1, -0.05) is 0 Å². The van der Waals surface area contributed by atoms with Crippen LogP contribution < -0.4 is 13.3 Å². The molecule has 5 heteroatoms. The fraction of sp³-hybridized carbons (Fsp3) is 0. The van der Waals surface area contributed by atoms with Crippen molar-refractivity contribution in [3.8, 4) is 0 Å². The topological polar surface area (TPSA) is 25.8 Å². The van der Waals surface area contributed by atoms with Crippen LogP contribution in [-0.2, 0) is 0 Å². The van der Waals surface area contributed by atoms with Gasteiger partial charge in [-0.15, -0.1) is 0 Å². The van der Waals surface area contributed by atoms with Crippen LogP contribution in [0.2, 0.25) is 0 Å². The van der Waals surface area contributed by atoms with Gasteiger partial charge in [0.1, 0.15) is 0 Å². The second-order valence-electron chi connectivity index (χ2n) is 0.968. The molecule has 0 aliphatic rings. The molecule has 0 atom stereocenters. The largest absolute Gasteiger partial charge is 0.159 e. The van der Waals surface area contributed by atoms with Gasteiger partial charge in [-0.25, -0.2) is 0 Å². The number of hydrogen-bond acceptors (Lipinski definition) is 2. The Bertz CT molecular complexity index is 96.7. The zero-order chi connectivity index (χ0) is 6.95. The average Bonchev–Trinajstić information content (AvgIpc) is 1.93. The molecule has 1 aromatic heterocycles. The van der Waals surface area contributed by atoms with E-state index in [1.165, 1.54) is 0 Å². The summed E-state index contributed by atoms with van der Waals surface area (Å²) in [5.74, 6) is 0. The van der Waals surface area contributed by atoms with Crippen LogP contribution in [0.3, 0.4) is 0 Å². The first-order valence-corrected chi connectivity index (χ1v) is 14.6. The molecule has 0 fully saturated rings. The fourth-order valence-corrected chi connectivity index (χ4v) is 0.253. The molecule has 1 heterocycles. The van der Waals surface area contributed by atoms with Gasteiger partial charge in [-0.2, -0.15) is 10.2 Å². The number of halogens is 3. The predicted octanol–water partition coefficient (Wildman–Crippen LogP) is -0.748. The smallest absolute Gasteiger partial charge is 0.0496 e. The van der Waals surface area contributed by atoms with Crippen LogP contribution in [-0.4, -0.2) is 10.2 Å². The first-order valence-electron chi connectivity index (χ1n) is 2.00. The molecule has 0 aromatic carbocycles. The Hall–Kier alpha value is 1.27. The summed E-state index contributed by atoms with van der Waals surface area (Å²) in [7, 11) is 0. The first-order chi connectivity index (χ1) is 4.41. The molecule has 0 unspecified atom stereocenters. The standard InChI is InChI=1S/C4H4N2.I3/c1-2-4-6-5-3-1;1-3-2/h1-4H;/q;-1. The molecule has 2 nitrogen and oxygen atoms in total. The van der Waals surface area contributed by atoms with Crippen molar-refractivity contribution in [2.45, 2.75) is 0 Å². The molecule has 1 aromatic rings. The van der Waals surface area contributed by atoms with Crippen LogP contribution in [0.4, 0.5) is 0 Å². The Kier molecular flexibility index (Phi) is 10.6. The second kappa shape index (κ2) is 9.27. The molecule has 0 N–H and O–H groups in total. The van der Waals surface area contributed by atoms with Crippen molar-refractivity contribution in [3.63, 3.8) is 0 Å². The predicted molar refractivity (Wildman–Crippen MR) is 50.1 cm³/mol. The molecular weight excluding hydrogens is 457 g/mol. The number of rotatable bonds is 0. The summed E-state index contributed by atoms with van der Waals surface area (Å²) < 4.78 is 0. The molecule has 0 saturated carbocycles. The molecule has 0 aliphatic heterocycles. The van der Waals surface area contributed by atoms with E-state index in [-0.39, 0.29) is 0 Å². The molecule has 0 saturated heterocycles. The maximum absolute atomic E-state index is 3.53. The molecule has 0 amide bonds. The molecule has 1 rings (SSSR count). The minimum absolute atomic E-state index is 0.530. The monoisotopic (exact) mass is 461 g/mol. The summed E-state index contributed by atoms with van der Waals surface area (Å²) in [5.41, 5.74) is 0. The molecular formula is C4H4I3N2-. The van der Waals surface area contributed by atoms with E-state index in [1.807, 2.05) is 12.1 Å². The van der Waals surface area contributed by atoms with Crippen molar-refractivity contribution in [2.24, 2.45) is 0 Å². The summed E-state index contributed by atoms with van der Waals surface area (Å²) in [4.78, 5) is 0. The van der Waals surface area contributed by atoms with Crippen molar-refractivity contribution in [1.82, 2.24) is 10.2 Å². The molecule has 52 valence electrons. The third-order valence-electron chi connectivity index (χ3n) is 0.483. The molecule has 0 aliphatic carbocycles. The van der Waals surface area contributed by atoms with Crippen LogP contribution >= 0.6 is 37.2 Å². The van der Waals surface area contributed by atoms with Gasteiger partial charge in [0, 0.05) is 12.4 Å². The fourth-order valence-electron chi connectivity index (χ4n) is 0.253. The van der Waals surface area contributed by atoms with Crippen LogP contribution in [0.25, 0.3) is 0 Å².